The molecule has 2 heterocycles. The van der Waals surface area contributed by atoms with Crippen LogP contribution in [0.5, 0.6) is 11.5 Å². The second-order valence-corrected chi connectivity index (χ2v) is 9.92. The molecule has 0 bridgehead atoms. The second-order valence-electron chi connectivity index (χ2n) is 7.98. The standard InChI is InChI=1S/C23H28N2O5S/c1-17(19-8-9-21-22(16-19)30-15-5-14-29-21)24-23(26)18-10-12-25(13-11-18)31(27,28)20-6-3-2-4-7-20/h2-4,6-9,16-18H,5,10-15H2,1H3,(H,24,26). The molecule has 31 heavy (non-hydrogen) atoms. The Labute approximate surface area is 183 Å². The van der Waals surface area contributed by atoms with E-state index in [-0.39, 0.29) is 17.9 Å². The van der Waals surface area contributed by atoms with Crippen LogP contribution in [0.15, 0.2) is 53.4 Å². The van der Waals surface area contributed by atoms with Gasteiger partial charge in [0.25, 0.3) is 0 Å². The summed E-state index contributed by atoms with van der Waals surface area (Å²) in [6.07, 6.45) is 1.85. The van der Waals surface area contributed by atoms with Crippen LogP contribution in [-0.4, -0.2) is 44.9 Å². The zero-order valence-corrected chi connectivity index (χ0v) is 18.4. The minimum atomic E-state index is -3.51. The molecule has 1 atom stereocenters. The minimum Gasteiger partial charge on any atom is -0.490 e. The molecule has 1 saturated heterocycles. The van der Waals surface area contributed by atoms with E-state index in [0.717, 1.165) is 17.7 Å². The van der Waals surface area contributed by atoms with E-state index >= 15 is 0 Å². The maximum absolute atomic E-state index is 12.8. The van der Waals surface area contributed by atoms with Gasteiger partial charge in [-0.1, -0.05) is 24.3 Å². The quantitative estimate of drug-likeness (QED) is 0.766. The number of ether oxygens (including phenoxy) is 2. The van der Waals surface area contributed by atoms with Gasteiger partial charge in [0.05, 0.1) is 24.2 Å². The minimum absolute atomic E-state index is 0.0450. The molecule has 1 N–H and O–H groups in total. The summed E-state index contributed by atoms with van der Waals surface area (Å²) in [5, 5.41) is 3.07. The van der Waals surface area contributed by atoms with Gasteiger partial charge in [0.2, 0.25) is 15.9 Å². The summed E-state index contributed by atoms with van der Waals surface area (Å²) in [6.45, 7) is 3.87. The van der Waals surface area contributed by atoms with Gasteiger partial charge in [-0.2, -0.15) is 4.31 Å². The van der Waals surface area contributed by atoms with Crippen molar-refractivity contribution in [3.63, 3.8) is 0 Å². The van der Waals surface area contributed by atoms with Crippen molar-refractivity contribution in [3.05, 3.63) is 54.1 Å². The molecule has 2 aromatic carbocycles. The fraction of sp³-hybridized carbons (Fsp3) is 0.435. The number of piperidine rings is 1. The summed E-state index contributed by atoms with van der Waals surface area (Å²) in [4.78, 5) is 13.1. The zero-order valence-electron chi connectivity index (χ0n) is 17.6. The van der Waals surface area contributed by atoms with Crippen LogP contribution in [0.4, 0.5) is 0 Å². The van der Waals surface area contributed by atoms with E-state index in [1.807, 2.05) is 25.1 Å². The Balaban J connectivity index is 1.34. The fourth-order valence-corrected chi connectivity index (χ4v) is 5.45. The fourth-order valence-electron chi connectivity index (χ4n) is 3.96. The van der Waals surface area contributed by atoms with E-state index in [2.05, 4.69) is 5.32 Å². The Hall–Kier alpha value is -2.58. The van der Waals surface area contributed by atoms with Gasteiger partial charge < -0.3 is 14.8 Å². The highest BCUT2D eigenvalue weighted by Crippen LogP contribution is 2.32. The largest absolute Gasteiger partial charge is 0.490 e. The molecule has 7 nitrogen and oxygen atoms in total. The normalized spacial score (nSPS) is 18.7. The number of amides is 1. The number of nitrogens with one attached hydrogen (secondary N) is 1. The number of nitrogens with zero attached hydrogens (tertiary/aromatic N) is 1. The lowest BCUT2D eigenvalue weighted by atomic mass is 9.96. The van der Waals surface area contributed by atoms with Crippen molar-refractivity contribution in [2.45, 2.75) is 37.1 Å². The maximum Gasteiger partial charge on any atom is 0.243 e. The van der Waals surface area contributed by atoms with Crippen LogP contribution in [0.2, 0.25) is 0 Å². The molecular formula is C23H28N2O5S. The third-order valence-corrected chi connectivity index (χ3v) is 7.75. The Morgan fingerprint density at radius 3 is 2.42 bits per heavy atom. The van der Waals surface area contributed by atoms with Crippen LogP contribution in [-0.2, 0) is 14.8 Å². The van der Waals surface area contributed by atoms with Crippen LogP contribution in [0.3, 0.4) is 0 Å². The van der Waals surface area contributed by atoms with E-state index in [1.54, 1.807) is 30.3 Å². The number of carbonyl (C=O) groups is 1. The molecule has 2 aliphatic heterocycles. The number of rotatable bonds is 5. The Morgan fingerprint density at radius 2 is 1.71 bits per heavy atom. The lowest BCUT2D eigenvalue weighted by Crippen LogP contribution is -2.43. The number of sulfonamides is 1. The first kappa shape index (κ1) is 21.6. The molecule has 2 aromatic rings. The summed E-state index contributed by atoms with van der Waals surface area (Å²) in [6, 6.07) is 14.0. The molecule has 0 aromatic heterocycles. The van der Waals surface area contributed by atoms with Gasteiger partial charge in [0, 0.05) is 25.4 Å². The van der Waals surface area contributed by atoms with Gasteiger partial charge in [-0.15, -0.1) is 0 Å². The molecule has 1 amide bonds. The predicted octanol–water partition coefficient (Wildman–Crippen LogP) is 3.13. The number of hydrogen-bond donors (Lipinski definition) is 1. The van der Waals surface area contributed by atoms with E-state index < -0.39 is 10.0 Å². The first-order valence-corrected chi connectivity index (χ1v) is 12.1. The third-order valence-electron chi connectivity index (χ3n) is 5.84. The molecule has 0 saturated carbocycles. The van der Waals surface area contributed by atoms with Gasteiger partial charge in [-0.3, -0.25) is 4.79 Å². The first-order chi connectivity index (χ1) is 14.9. The van der Waals surface area contributed by atoms with Gasteiger partial charge in [-0.05, 0) is 49.6 Å². The second kappa shape index (κ2) is 9.28. The molecule has 2 aliphatic rings. The molecule has 0 spiro atoms. The molecule has 4 rings (SSSR count). The molecule has 0 aliphatic carbocycles. The molecule has 166 valence electrons. The van der Waals surface area contributed by atoms with Crippen LogP contribution >= 0.6 is 0 Å². The lowest BCUT2D eigenvalue weighted by molar-refractivity contribution is -0.126. The van der Waals surface area contributed by atoms with Crippen molar-refractivity contribution in [2.75, 3.05) is 26.3 Å². The van der Waals surface area contributed by atoms with Crippen LogP contribution in [0.1, 0.15) is 37.8 Å². The maximum atomic E-state index is 12.8. The Bertz CT molecular complexity index is 1020. The molecule has 0 radical (unpaired) electrons. The van der Waals surface area contributed by atoms with E-state index in [1.165, 1.54) is 4.31 Å². The highest BCUT2D eigenvalue weighted by molar-refractivity contribution is 7.89. The molecular weight excluding hydrogens is 416 g/mol. The zero-order chi connectivity index (χ0) is 21.8. The SMILES string of the molecule is CC(NC(=O)C1CCN(S(=O)(=O)c2ccccc2)CC1)c1ccc2c(c1)OCCCO2. The van der Waals surface area contributed by atoms with Gasteiger partial charge in [0.15, 0.2) is 11.5 Å². The van der Waals surface area contributed by atoms with E-state index in [9.17, 15) is 13.2 Å². The molecule has 8 heteroatoms. The topological polar surface area (TPSA) is 84.9 Å². The lowest BCUT2D eigenvalue weighted by Gasteiger charge is -2.31. The number of benzene rings is 2. The van der Waals surface area contributed by atoms with Crippen molar-refractivity contribution in [3.8, 4) is 11.5 Å². The average molecular weight is 445 g/mol. The number of hydrogen-bond acceptors (Lipinski definition) is 5. The summed E-state index contributed by atoms with van der Waals surface area (Å²) >= 11 is 0. The van der Waals surface area contributed by atoms with Crippen molar-refractivity contribution in [1.29, 1.82) is 0 Å². The van der Waals surface area contributed by atoms with Crippen molar-refractivity contribution >= 4 is 15.9 Å². The summed E-state index contributed by atoms with van der Waals surface area (Å²) in [5.74, 6) is 1.18. The monoisotopic (exact) mass is 444 g/mol. The van der Waals surface area contributed by atoms with E-state index in [0.29, 0.717) is 49.8 Å². The predicted molar refractivity (Wildman–Crippen MR) is 117 cm³/mol. The van der Waals surface area contributed by atoms with Crippen molar-refractivity contribution < 1.29 is 22.7 Å². The van der Waals surface area contributed by atoms with Crippen molar-refractivity contribution in [2.24, 2.45) is 5.92 Å². The van der Waals surface area contributed by atoms with Gasteiger partial charge in [0.1, 0.15) is 0 Å². The first-order valence-electron chi connectivity index (χ1n) is 10.7. The van der Waals surface area contributed by atoms with Crippen LogP contribution in [0, 0.1) is 5.92 Å². The van der Waals surface area contributed by atoms with Crippen molar-refractivity contribution in [1.82, 2.24) is 9.62 Å². The molecule has 1 fully saturated rings. The average Bonchev–Trinajstić information content (AvgIpc) is 3.04. The Kier molecular flexibility index (Phi) is 6.48. The number of fused-ring (bicyclic) bond motifs is 1. The van der Waals surface area contributed by atoms with Gasteiger partial charge in [-0.25, -0.2) is 8.42 Å². The van der Waals surface area contributed by atoms with Gasteiger partial charge >= 0.3 is 0 Å². The Morgan fingerprint density at radius 1 is 1.03 bits per heavy atom. The summed E-state index contributed by atoms with van der Waals surface area (Å²) < 4.78 is 38.4. The highest BCUT2D eigenvalue weighted by atomic mass is 32.2. The third kappa shape index (κ3) is 4.85. The van der Waals surface area contributed by atoms with E-state index in [4.69, 9.17) is 9.47 Å². The smallest absolute Gasteiger partial charge is 0.243 e. The molecule has 1 unspecified atom stereocenters. The summed E-state index contributed by atoms with van der Waals surface area (Å²) in [5.41, 5.74) is 0.946. The number of carbonyl (C=O) groups excluding carboxylic acids is 1. The highest BCUT2D eigenvalue weighted by Gasteiger charge is 2.32. The van der Waals surface area contributed by atoms with Crippen LogP contribution < -0.4 is 14.8 Å². The van der Waals surface area contributed by atoms with Crippen LogP contribution in [0.25, 0.3) is 0 Å². The summed E-state index contributed by atoms with van der Waals surface area (Å²) in [7, 11) is -3.51.